The maximum atomic E-state index is 11.9. The number of halogens is 1. The number of hydrogen-bond acceptors (Lipinski definition) is 5. The minimum atomic E-state index is -0.358. The smallest absolute Gasteiger partial charge is 0.241 e. The molecule has 27 heavy (non-hydrogen) atoms. The van der Waals surface area contributed by atoms with Crippen LogP contribution in [0.4, 0.5) is 0 Å². The van der Waals surface area contributed by atoms with Crippen LogP contribution in [0.15, 0.2) is 53.6 Å². The average Bonchev–Trinajstić information content (AvgIpc) is 3.05. The van der Waals surface area contributed by atoms with Crippen LogP contribution in [-0.2, 0) is 16.2 Å². The maximum absolute atomic E-state index is 11.9. The van der Waals surface area contributed by atoms with E-state index in [-0.39, 0.29) is 17.2 Å². The van der Waals surface area contributed by atoms with E-state index in [4.69, 9.17) is 16.3 Å². The Morgan fingerprint density at radius 1 is 1.22 bits per heavy atom. The van der Waals surface area contributed by atoms with Crippen LogP contribution >= 0.6 is 23.4 Å². The van der Waals surface area contributed by atoms with E-state index in [1.165, 1.54) is 30.6 Å². The summed E-state index contributed by atoms with van der Waals surface area (Å²) < 4.78 is 5.86. The van der Waals surface area contributed by atoms with Gasteiger partial charge in [0.1, 0.15) is 17.7 Å². The molecule has 0 aromatic heterocycles. The Balaban J connectivity index is 1.73. The van der Waals surface area contributed by atoms with Crippen molar-refractivity contribution in [1.82, 2.24) is 10.3 Å². The first-order valence-electron chi connectivity index (χ1n) is 8.22. The molecule has 0 bridgehead atoms. The van der Waals surface area contributed by atoms with E-state index in [9.17, 15) is 9.59 Å². The molecule has 1 heterocycles. The molecule has 1 N–H and O–H groups in total. The van der Waals surface area contributed by atoms with Crippen LogP contribution in [0.25, 0.3) is 0 Å². The molecule has 8 heteroatoms. The van der Waals surface area contributed by atoms with Crippen LogP contribution in [0, 0.1) is 0 Å². The predicted octanol–water partition coefficient (Wildman–Crippen LogP) is 3.92. The van der Waals surface area contributed by atoms with Gasteiger partial charge >= 0.3 is 0 Å². The van der Waals surface area contributed by atoms with E-state index < -0.39 is 0 Å². The van der Waals surface area contributed by atoms with Crippen LogP contribution in [-0.4, -0.2) is 22.0 Å². The fourth-order valence-corrected chi connectivity index (χ4v) is 3.74. The van der Waals surface area contributed by atoms with Crippen molar-refractivity contribution >= 4 is 40.3 Å². The van der Waals surface area contributed by atoms with Gasteiger partial charge in [-0.3, -0.25) is 9.59 Å². The lowest BCUT2D eigenvalue weighted by atomic mass is 10.2. The fourth-order valence-electron chi connectivity index (χ4n) is 2.48. The number of benzene rings is 2. The van der Waals surface area contributed by atoms with Gasteiger partial charge in [-0.15, -0.1) is 5.10 Å². The van der Waals surface area contributed by atoms with Crippen molar-refractivity contribution in [2.24, 2.45) is 5.10 Å². The Morgan fingerprint density at radius 2 is 1.96 bits per heavy atom. The number of hydrogen-bond donors (Lipinski definition) is 1. The van der Waals surface area contributed by atoms with Gasteiger partial charge in [-0.05, 0) is 35.4 Å². The molecule has 140 valence electrons. The summed E-state index contributed by atoms with van der Waals surface area (Å²) in [7, 11) is 0. The largest absolute Gasteiger partial charge is 0.489 e. The van der Waals surface area contributed by atoms with Gasteiger partial charge in [0.05, 0.1) is 0 Å². The second-order valence-electron chi connectivity index (χ2n) is 5.91. The number of amides is 2. The van der Waals surface area contributed by atoms with Crippen LogP contribution in [0.2, 0.25) is 5.02 Å². The normalized spacial score (nSPS) is 16.0. The fraction of sp³-hybridized carbons (Fsp3) is 0.211. The molecular weight excluding hydrogens is 386 g/mol. The Hall–Kier alpha value is -2.51. The minimum absolute atomic E-state index is 0.208. The predicted molar refractivity (Wildman–Crippen MR) is 106 cm³/mol. The zero-order valence-electron chi connectivity index (χ0n) is 14.8. The zero-order valence-corrected chi connectivity index (χ0v) is 16.4. The van der Waals surface area contributed by atoms with Crippen molar-refractivity contribution in [3.63, 3.8) is 0 Å². The number of carbonyl (C=O) groups is 2. The molecule has 1 atom stereocenters. The lowest BCUT2D eigenvalue weighted by Crippen LogP contribution is -2.25. The third kappa shape index (κ3) is 5.02. The molecule has 1 aliphatic heterocycles. The van der Waals surface area contributed by atoms with Crippen LogP contribution in [0.1, 0.15) is 30.3 Å². The molecule has 0 aliphatic carbocycles. The van der Waals surface area contributed by atoms with Crippen LogP contribution in [0.5, 0.6) is 5.75 Å². The molecule has 1 aliphatic rings. The van der Waals surface area contributed by atoms with Crippen molar-refractivity contribution in [3.8, 4) is 5.75 Å². The maximum Gasteiger partial charge on any atom is 0.241 e. The van der Waals surface area contributed by atoms with E-state index in [1.54, 1.807) is 0 Å². The molecule has 0 spiro atoms. The number of rotatable bonds is 4. The van der Waals surface area contributed by atoms with Crippen molar-refractivity contribution in [2.75, 3.05) is 0 Å². The molecule has 0 fully saturated rings. The first-order valence-corrected chi connectivity index (χ1v) is 9.48. The number of nitrogens with zero attached hydrogens (tertiary/aromatic N) is 2. The lowest BCUT2D eigenvalue weighted by Gasteiger charge is -2.19. The summed E-state index contributed by atoms with van der Waals surface area (Å²) in [6, 6.07) is 14.9. The Bertz CT molecular complexity index is 886. The summed E-state index contributed by atoms with van der Waals surface area (Å²) >= 11 is 7.20. The summed E-state index contributed by atoms with van der Waals surface area (Å²) in [4.78, 5) is 23.2. The van der Waals surface area contributed by atoms with Gasteiger partial charge in [0, 0.05) is 18.9 Å². The quantitative estimate of drug-likeness (QED) is 0.839. The van der Waals surface area contributed by atoms with Gasteiger partial charge in [0.15, 0.2) is 5.17 Å². The van der Waals surface area contributed by atoms with Gasteiger partial charge in [-0.2, -0.15) is 0 Å². The molecule has 0 radical (unpaired) electrons. The molecule has 2 aromatic carbocycles. The summed E-state index contributed by atoms with van der Waals surface area (Å²) in [6.07, 6.45) is 0. The number of thioether (sulfide) groups is 1. The third-order valence-corrected chi connectivity index (χ3v) is 5.07. The van der Waals surface area contributed by atoms with Crippen LogP contribution in [0.3, 0.4) is 0 Å². The monoisotopic (exact) mass is 403 g/mol. The number of ether oxygens (including phenoxy) is 1. The standard InChI is InChI=1S/C19H18ClN3O3S/c1-12(24)21-19-22-23(13(2)25)18(27-19)15-4-3-5-17(10-15)26-11-14-6-8-16(20)9-7-14/h3-10,18H,11H2,1-2H3,(H,21,22,24)/t18-/m0/s1. The number of hydrazone groups is 1. The van der Waals surface area contributed by atoms with E-state index >= 15 is 0 Å². The van der Waals surface area contributed by atoms with E-state index in [0.717, 1.165) is 11.1 Å². The van der Waals surface area contributed by atoms with E-state index in [0.29, 0.717) is 22.5 Å². The summed E-state index contributed by atoms with van der Waals surface area (Å²) in [6.45, 7) is 3.25. The summed E-state index contributed by atoms with van der Waals surface area (Å²) in [5.74, 6) is 0.241. The van der Waals surface area contributed by atoms with Gasteiger partial charge < -0.3 is 10.1 Å². The third-order valence-electron chi connectivity index (χ3n) is 3.71. The lowest BCUT2D eigenvalue weighted by molar-refractivity contribution is -0.129. The highest BCUT2D eigenvalue weighted by atomic mass is 35.5. The molecule has 2 aromatic rings. The number of amidine groups is 1. The second kappa shape index (κ2) is 8.45. The molecule has 6 nitrogen and oxygen atoms in total. The van der Waals surface area contributed by atoms with Gasteiger partial charge in [-0.25, -0.2) is 5.01 Å². The van der Waals surface area contributed by atoms with E-state index in [1.807, 2.05) is 48.5 Å². The van der Waals surface area contributed by atoms with Gasteiger partial charge in [0.25, 0.3) is 0 Å². The number of carbonyl (C=O) groups excluding carboxylic acids is 2. The molecule has 3 rings (SSSR count). The van der Waals surface area contributed by atoms with Crippen LogP contribution < -0.4 is 10.1 Å². The average molecular weight is 404 g/mol. The molecule has 0 saturated heterocycles. The topological polar surface area (TPSA) is 71.0 Å². The first-order chi connectivity index (χ1) is 12.9. The highest BCUT2D eigenvalue weighted by Crippen LogP contribution is 2.39. The molecule has 2 amide bonds. The van der Waals surface area contributed by atoms with Gasteiger partial charge in [0.2, 0.25) is 11.8 Å². The SMILES string of the molecule is CC(=O)NC1=NN(C(C)=O)[C@H](c2cccc(OCc3ccc(Cl)cc3)c2)S1. The summed E-state index contributed by atoms with van der Waals surface area (Å²) in [5.41, 5.74) is 1.86. The highest BCUT2D eigenvalue weighted by molar-refractivity contribution is 8.14. The summed E-state index contributed by atoms with van der Waals surface area (Å²) in [5, 5.41) is 8.90. The Morgan fingerprint density at radius 3 is 2.63 bits per heavy atom. The number of nitrogens with one attached hydrogen (secondary N) is 1. The van der Waals surface area contributed by atoms with Gasteiger partial charge in [-0.1, -0.05) is 47.6 Å². The van der Waals surface area contributed by atoms with Crippen molar-refractivity contribution in [3.05, 3.63) is 64.7 Å². The Labute approximate surface area is 166 Å². The molecule has 0 saturated carbocycles. The van der Waals surface area contributed by atoms with Crippen molar-refractivity contribution in [2.45, 2.75) is 25.8 Å². The second-order valence-corrected chi connectivity index (χ2v) is 7.41. The van der Waals surface area contributed by atoms with E-state index in [2.05, 4.69) is 10.4 Å². The minimum Gasteiger partial charge on any atom is -0.489 e. The Kier molecular flexibility index (Phi) is 6.03. The van der Waals surface area contributed by atoms with Crippen molar-refractivity contribution < 1.29 is 14.3 Å². The van der Waals surface area contributed by atoms with Crippen molar-refractivity contribution in [1.29, 1.82) is 0 Å². The first kappa shape index (κ1) is 19.3. The highest BCUT2D eigenvalue weighted by Gasteiger charge is 2.32. The molecule has 0 unspecified atom stereocenters. The zero-order chi connectivity index (χ0) is 19.4. The molecular formula is C19H18ClN3O3S.